The lowest BCUT2D eigenvalue weighted by Crippen LogP contribution is -2.75. The van der Waals surface area contributed by atoms with E-state index in [1.54, 1.807) is 30.5 Å². The lowest BCUT2D eigenvalue weighted by Gasteiger charge is -2.10. The maximum Gasteiger partial charge on any atom is 0.200 e. The first kappa shape index (κ1) is 21.4. The van der Waals surface area contributed by atoms with E-state index in [0.29, 0.717) is 6.61 Å². The second-order valence-corrected chi connectivity index (χ2v) is 4.61. The monoisotopic (exact) mass is 334 g/mol. The molecule has 0 amide bonds. The summed E-state index contributed by atoms with van der Waals surface area (Å²) in [5.74, 6) is 0. The molecule has 2 heterocycles. The van der Waals surface area contributed by atoms with Gasteiger partial charge in [-0.2, -0.15) is 21.1 Å². The Kier molecular flexibility index (Phi) is 13.1. The van der Waals surface area contributed by atoms with Gasteiger partial charge in [0.05, 0.1) is 32.2 Å². The minimum Gasteiger partial charge on any atom is -0.378 e. The highest BCUT2D eigenvalue weighted by atomic mass is 19.1. The first-order valence-corrected chi connectivity index (χ1v) is 7.85. The summed E-state index contributed by atoms with van der Waals surface area (Å²) in [6.45, 7) is 4.83. The molecule has 2 unspecified atom stereocenters. The van der Waals surface area contributed by atoms with E-state index in [1.807, 2.05) is 27.1 Å². The Morgan fingerprint density at radius 2 is 2.30 bits per heavy atom. The van der Waals surface area contributed by atoms with Crippen LogP contribution in [0.3, 0.4) is 0 Å². The molecule has 1 saturated heterocycles. The number of ether oxygens (including phenoxy) is 1. The van der Waals surface area contributed by atoms with Gasteiger partial charge in [0.25, 0.3) is 0 Å². The van der Waals surface area contributed by atoms with Crippen LogP contribution in [0.4, 0.5) is 10.1 Å². The van der Waals surface area contributed by atoms with Crippen molar-refractivity contribution in [3.05, 3.63) is 12.4 Å². The van der Waals surface area contributed by atoms with Crippen LogP contribution < -0.4 is 16.0 Å². The standard InChI is InChI=1S/C7H14FN3O.C5H9N3O.C2H6/c1-9-11-10-7-3-2-4-12-5-6(7)8;1-8-4-5(3-6-8)7-9-2;1-2/h6-7H,2-5H2,1H3,(H,9,10);3-4,7H,1-2H3;1-2H3/p+2. The molecule has 0 saturated carbocycles. The summed E-state index contributed by atoms with van der Waals surface area (Å²) in [4.78, 5) is 4.76. The lowest BCUT2D eigenvalue weighted by atomic mass is 10.1. The molecule has 0 radical (unpaired) electrons. The number of alkyl halides is 1. The van der Waals surface area contributed by atoms with Gasteiger partial charge in [0.1, 0.15) is 12.2 Å². The van der Waals surface area contributed by atoms with Crippen molar-refractivity contribution in [2.75, 3.05) is 27.4 Å². The number of aryl methyl sites for hydroxylation is 1. The Balaban J connectivity index is 0.000000392. The number of nitrogens with zero attached hydrogens (tertiary/aromatic N) is 3. The molecule has 134 valence electrons. The van der Waals surface area contributed by atoms with Crippen LogP contribution in [0.15, 0.2) is 17.6 Å². The van der Waals surface area contributed by atoms with Gasteiger partial charge in [-0.05, 0) is 12.8 Å². The highest BCUT2D eigenvalue weighted by Crippen LogP contribution is 2.11. The van der Waals surface area contributed by atoms with Crippen LogP contribution in [0.5, 0.6) is 0 Å². The Labute approximate surface area is 137 Å². The van der Waals surface area contributed by atoms with E-state index >= 15 is 0 Å². The largest absolute Gasteiger partial charge is 0.378 e. The van der Waals surface area contributed by atoms with E-state index in [4.69, 9.17) is 9.57 Å². The molecule has 1 aromatic rings. The molecular weight excluding hydrogens is 303 g/mol. The highest BCUT2D eigenvalue weighted by Gasteiger charge is 2.26. The topological polar surface area (TPSA) is 91.3 Å². The predicted octanol–water partition coefficient (Wildman–Crippen LogP) is -0.627. The first-order valence-electron chi connectivity index (χ1n) is 7.85. The maximum absolute atomic E-state index is 13.2. The third-order valence-corrected chi connectivity index (χ3v) is 2.84. The fourth-order valence-electron chi connectivity index (χ4n) is 1.83. The van der Waals surface area contributed by atoms with Gasteiger partial charge in [-0.1, -0.05) is 13.8 Å². The van der Waals surface area contributed by atoms with Crippen LogP contribution in [0, 0.1) is 0 Å². The van der Waals surface area contributed by atoms with Crippen LogP contribution in [0.1, 0.15) is 26.7 Å². The van der Waals surface area contributed by atoms with Crippen molar-refractivity contribution in [1.82, 2.24) is 15.2 Å². The number of nitrogens with two attached hydrogens (primary N) is 1. The van der Waals surface area contributed by atoms with Gasteiger partial charge >= 0.3 is 0 Å². The molecule has 0 bridgehead atoms. The van der Waals surface area contributed by atoms with Gasteiger partial charge in [-0.25, -0.2) is 9.23 Å². The molecule has 2 rings (SSSR count). The summed E-state index contributed by atoms with van der Waals surface area (Å²) in [7, 11) is 5.16. The van der Waals surface area contributed by atoms with E-state index < -0.39 is 6.17 Å². The van der Waals surface area contributed by atoms with Gasteiger partial charge in [-0.15, -0.1) is 0 Å². The number of aromatic nitrogens is 2. The van der Waals surface area contributed by atoms with Crippen molar-refractivity contribution < 1.29 is 24.6 Å². The molecule has 1 aromatic heterocycles. The van der Waals surface area contributed by atoms with E-state index in [1.165, 1.54) is 0 Å². The summed E-state index contributed by atoms with van der Waals surface area (Å²) in [6.07, 6.45) is 4.32. The lowest BCUT2D eigenvalue weighted by molar-refractivity contribution is -0.830. The molecule has 1 aliphatic rings. The van der Waals surface area contributed by atoms with E-state index in [2.05, 4.69) is 20.9 Å². The average Bonchev–Trinajstić information content (AvgIpc) is 2.86. The summed E-state index contributed by atoms with van der Waals surface area (Å²) >= 11 is 0. The van der Waals surface area contributed by atoms with Gasteiger partial charge in [-0.3, -0.25) is 4.68 Å². The Bertz CT molecular complexity index is 416. The fourth-order valence-corrected chi connectivity index (χ4v) is 1.83. The number of nitrogens with one attached hydrogen (secondary N) is 2. The van der Waals surface area contributed by atoms with Gasteiger partial charge in [0.2, 0.25) is 0 Å². The molecular formula is C14H31FN6O2+2. The van der Waals surface area contributed by atoms with Crippen LogP contribution in [0.25, 0.3) is 0 Å². The summed E-state index contributed by atoms with van der Waals surface area (Å²) < 4.78 is 19.9. The van der Waals surface area contributed by atoms with Crippen LogP contribution in [-0.4, -0.2) is 49.4 Å². The molecule has 1 fully saturated rings. The van der Waals surface area contributed by atoms with Crippen molar-refractivity contribution in [3.63, 3.8) is 0 Å². The maximum atomic E-state index is 13.2. The fraction of sp³-hybridized carbons (Fsp3) is 0.786. The molecule has 1 aliphatic heterocycles. The zero-order chi connectivity index (χ0) is 17.5. The molecule has 23 heavy (non-hydrogen) atoms. The summed E-state index contributed by atoms with van der Waals surface area (Å²) in [5.41, 5.74) is 5.35. The molecule has 0 aliphatic carbocycles. The van der Waals surface area contributed by atoms with E-state index in [9.17, 15) is 4.39 Å². The second kappa shape index (κ2) is 14.0. The zero-order valence-corrected chi connectivity index (χ0v) is 14.8. The normalized spacial score (nSPS) is 20.8. The zero-order valence-electron chi connectivity index (χ0n) is 14.8. The SMILES string of the molecule is CC.CO[NH2+]c1cnn(C)c1.C[NH+]=NNC1CCCOCC1F. The van der Waals surface area contributed by atoms with Crippen LogP contribution in [0.2, 0.25) is 0 Å². The number of rotatable bonds is 4. The minimum atomic E-state index is -0.954. The summed E-state index contributed by atoms with van der Waals surface area (Å²) in [5, 5.41) is 10.2. The van der Waals surface area contributed by atoms with Crippen LogP contribution >= 0.6 is 0 Å². The van der Waals surface area contributed by atoms with E-state index in [-0.39, 0.29) is 12.6 Å². The van der Waals surface area contributed by atoms with Crippen molar-refractivity contribution in [2.45, 2.75) is 38.9 Å². The summed E-state index contributed by atoms with van der Waals surface area (Å²) in [6, 6.07) is -0.208. The van der Waals surface area contributed by atoms with Gasteiger partial charge in [0, 0.05) is 13.7 Å². The molecule has 2 atom stereocenters. The third kappa shape index (κ3) is 9.93. The van der Waals surface area contributed by atoms with Gasteiger partial charge < -0.3 is 4.74 Å². The number of hydrogen-bond acceptors (Lipinski definition) is 4. The van der Waals surface area contributed by atoms with Crippen LogP contribution in [-0.2, 0) is 16.6 Å². The molecule has 4 N–H and O–H groups in total. The number of hydrogen-bond donors (Lipinski definition) is 3. The molecule has 8 nitrogen and oxygen atoms in total. The Morgan fingerprint density at radius 3 is 2.87 bits per heavy atom. The van der Waals surface area contributed by atoms with Crippen molar-refractivity contribution in [2.24, 2.45) is 12.3 Å². The van der Waals surface area contributed by atoms with Crippen molar-refractivity contribution in [3.8, 4) is 0 Å². The highest BCUT2D eigenvalue weighted by molar-refractivity contribution is 5.17. The Morgan fingerprint density at radius 1 is 1.57 bits per heavy atom. The second-order valence-electron chi connectivity index (χ2n) is 4.61. The Hall–Kier alpha value is -1.58. The van der Waals surface area contributed by atoms with Crippen molar-refractivity contribution >= 4 is 5.69 Å². The van der Waals surface area contributed by atoms with E-state index in [0.717, 1.165) is 18.5 Å². The number of quaternary nitrogens is 1. The minimum absolute atomic E-state index is 0.177. The van der Waals surface area contributed by atoms with Crippen molar-refractivity contribution in [1.29, 1.82) is 0 Å². The smallest absolute Gasteiger partial charge is 0.200 e. The predicted molar refractivity (Wildman–Crippen MR) is 84.3 cm³/mol. The average molecular weight is 334 g/mol. The molecule has 9 heteroatoms. The quantitative estimate of drug-likeness (QED) is 0.505. The molecule has 0 aromatic carbocycles. The van der Waals surface area contributed by atoms with Gasteiger partial charge in [0.15, 0.2) is 11.9 Å². The molecule has 0 spiro atoms. The third-order valence-electron chi connectivity index (χ3n) is 2.84. The number of halogens is 1. The first-order chi connectivity index (χ1) is 11.2.